The summed E-state index contributed by atoms with van der Waals surface area (Å²) < 4.78 is 32.0. The third-order valence-corrected chi connectivity index (χ3v) is 3.52. The van der Waals surface area contributed by atoms with Gasteiger partial charge in [0.2, 0.25) is 0 Å². The predicted molar refractivity (Wildman–Crippen MR) is 88.0 cm³/mol. The van der Waals surface area contributed by atoms with Crippen molar-refractivity contribution in [2.24, 2.45) is 0 Å². The van der Waals surface area contributed by atoms with Crippen LogP contribution in [0, 0.1) is 11.6 Å². The Hall–Kier alpha value is -1.86. The van der Waals surface area contributed by atoms with Crippen LogP contribution in [-0.4, -0.2) is 19.2 Å². The number of nitrogens with one attached hydrogen (secondary N) is 2. The second kappa shape index (κ2) is 8.12. The molecule has 0 bridgehead atoms. The molecule has 2 N–H and O–H groups in total. The summed E-state index contributed by atoms with van der Waals surface area (Å²) in [5, 5.41) is 5.49. The van der Waals surface area contributed by atoms with Gasteiger partial charge in [-0.15, -0.1) is 0 Å². The molecule has 0 spiro atoms. The fraction of sp³-hybridized carbons (Fsp3) is 0.133. The molecule has 0 aliphatic rings. The first-order valence-corrected chi connectivity index (χ1v) is 7.70. The van der Waals surface area contributed by atoms with E-state index in [1.54, 1.807) is 18.2 Å². The Balaban J connectivity index is 1.76. The van der Waals surface area contributed by atoms with Gasteiger partial charge in [0.05, 0.1) is 17.3 Å². The van der Waals surface area contributed by atoms with Gasteiger partial charge in [-0.1, -0.05) is 27.5 Å². The maximum atomic E-state index is 13.3. The van der Waals surface area contributed by atoms with Gasteiger partial charge in [-0.2, -0.15) is 0 Å². The number of carbonyl (C=O) groups is 1. The van der Waals surface area contributed by atoms with E-state index in [1.165, 1.54) is 6.07 Å². The van der Waals surface area contributed by atoms with Gasteiger partial charge in [-0.25, -0.2) is 13.6 Å². The highest BCUT2D eigenvalue weighted by Crippen LogP contribution is 2.25. The number of hydrogen-bond acceptors (Lipinski definition) is 2. The highest BCUT2D eigenvalue weighted by molar-refractivity contribution is 9.10. The zero-order valence-corrected chi connectivity index (χ0v) is 14.0. The maximum Gasteiger partial charge on any atom is 0.319 e. The van der Waals surface area contributed by atoms with Crippen LogP contribution in [0.15, 0.2) is 40.9 Å². The minimum Gasteiger partial charge on any atom is -0.489 e. The molecule has 2 amide bonds. The Morgan fingerprint density at radius 1 is 1.22 bits per heavy atom. The molecule has 0 unspecified atom stereocenters. The van der Waals surface area contributed by atoms with E-state index in [2.05, 4.69) is 26.6 Å². The zero-order chi connectivity index (χ0) is 16.8. The summed E-state index contributed by atoms with van der Waals surface area (Å²) in [6.45, 7) is 0.167. The van der Waals surface area contributed by atoms with Gasteiger partial charge in [-0.3, -0.25) is 0 Å². The fourth-order valence-electron chi connectivity index (χ4n) is 1.68. The van der Waals surface area contributed by atoms with Crippen LogP contribution in [0.5, 0.6) is 5.75 Å². The number of halogens is 4. The molecule has 122 valence electrons. The van der Waals surface area contributed by atoms with Gasteiger partial charge in [0.15, 0.2) is 11.6 Å². The van der Waals surface area contributed by atoms with Crippen LogP contribution in [-0.2, 0) is 0 Å². The first-order valence-electron chi connectivity index (χ1n) is 6.53. The van der Waals surface area contributed by atoms with Crippen molar-refractivity contribution in [2.75, 3.05) is 18.5 Å². The number of hydrogen-bond donors (Lipinski definition) is 2. The van der Waals surface area contributed by atoms with Gasteiger partial charge < -0.3 is 15.4 Å². The molecule has 0 radical (unpaired) electrons. The van der Waals surface area contributed by atoms with E-state index in [0.29, 0.717) is 10.7 Å². The fourth-order valence-corrected chi connectivity index (χ4v) is 2.40. The van der Waals surface area contributed by atoms with Crippen molar-refractivity contribution in [3.8, 4) is 5.75 Å². The first-order chi connectivity index (χ1) is 11.0. The number of urea groups is 1. The largest absolute Gasteiger partial charge is 0.489 e. The van der Waals surface area contributed by atoms with Gasteiger partial charge >= 0.3 is 6.03 Å². The van der Waals surface area contributed by atoms with E-state index in [9.17, 15) is 13.6 Å². The second-order valence-electron chi connectivity index (χ2n) is 4.43. The molecule has 23 heavy (non-hydrogen) atoms. The quantitative estimate of drug-likeness (QED) is 0.715. The lowest BCUT2D eigenvalue weighted by molar-refractivity contribution is 0.246. The summed E-state index contributed by atoms with van der Waals surface area (Å²) in [5.74, 6) is -1.56. The number of anilines is 1. The third kappa shape index (κ3) is 5.37. The van der Waals surface area contributed by atoms with Crippen molar-refractivity contribution in [3.05, 3.63) is 57.5 Å². The molecule has 0 aliphatic heterocycles. The molecule has 0 saturated carbocycles. The summed E-state index contributed by atoms with van der Waals surface area (Å²) >= 11 is 9.24. The smallest absolute Gasteiger partial charge is 0.319 e. The van der Waals surface area contributed by atoms with E-state index in [1.807, 2.05) is 0 Å². The average Bonchev–Trinajstić information content (AvgIpc) is 2.48. The van der Waals surface area contributed by atoms with Crippen molar-refractivity contribution in [1.82, 2.24) is 5.32 Å². The van der Waals surface area contributed by atoms with Gasteiger partial charge in [0, 0.05) is 10.5 Å². The van der Waals surface area contributed by atoms with Gasteiger partial charge in [-0.05, 0) is 30.3 Å². The minimum atomic E-state index is -0.795. The molecule has 0 aliphatic carbocycles. The van der Waals surface area contributed by atoms with E-state index in [4.69, 9.17) is 16.3 Å². The molecule has 0 heterocycles. The summed E-state index contributed by atoms with van der Waals surface area (Å²) in [6.07, 6.45) is 0. The monoisotopic (exact) mass is 404 g/mol. The zero-order valence-electron chi connectivity index (χ0n) is 11.7. The molecule has 0 fully saturated rings. The predicted octanol–water partition coefficient (Wildman–Crippen LogP) is 4.58. The molecule has 2 aromatic rings. The van der Waals surface area contributed by atoms with E-state index < -0.39 is 17.7 Å². The highest BCUT2D eigenvalue weighted by Gasteiger charge is 2.07. The lowest BCUT2D eigenvalue weighted by Gasteiger charge is -2.10. The lowest BCUT2D eigenvalue weighted by Crippen LogP contribution is -2.32. The van der Waals surface area contributed by atoms with Crippen LogP contribution in [0.1, 0.15) is 0 Å². The van der Waals surface area contributed by atoms with Crippen molar-refractivity contribution in [3.63, 3.8) is 0 Å². The Labute approximate surface area is 144 Å². The third-order valence-electron chi connectivity index (χ3n) is 2.72. The van der Waals surface area contributed by atoms with Crippen LogP contribution in [0.4, 0.5) is 19.3 Å². The van der Waals surface area contributed by atoms with Crippen LogP contribution in [0.25, 0.3) is 0 Å². The van der Waals surface area contributed by atoms with E-state index in [-0.39, 0.29) is 18.9 Å². The standard InChI is InChI=1S/C15H12BrClF2N2O2/c16-9-1-3-13(11(17)7-9)21-15(22)20-5-6-23-14-4-2-10(18)8-12(14)19/h1-4,7-8H,5-6H2,(H2,20,21,22). The van der Waals surface area contributed by atoms with Crippen LogP contribution >= 0.6 is 27.5 Å². The Bertz CT molecular complexity index is 716. The van der Waals surface area contributed by atoms with Crippen molar-refractivity contribution in [2.45, 2.75) is 0 Å². The molecule has 0 saturated heterocycles. The van der Waals surface area contributed by atoms with Crippen LogP contribution < -0.4 is 15.4 Å². The van der Waals surface area contributed by atoms with Crippen molar-refractivity contribution >= 4 is 39.2 Å². The molecule has 0 atom stereocenters. The number of amides is 2. The first kappa shape index (κ1) is 17.5. The number of carbonyl (C=O) groups excluding carboxylic acids is 1. The number of benzene rings is 2. The summed E-state index contributed by atoms with van der Waals surface area (Å²) in [7, 11) is 0. The molecular formula is C15H12BrClF2N2O2. The lowest BCUT2D eigenvalue weighted by atomic mass is 10.3. The Morgan fingerprint density at radius 3 is 2.70 bits per heavy atom. The Morgan fingerprint density at radius 2 is 2.00 bits per heavy atom. The van der Waals surface area contributed by atoms with E-state index in [0.717, 1.165) is 16.6 Å². The van der Waals surface area contributed by atoms with E-state index >= 15 is 0 Å². The SMILES string of the molecule is O=C(NCCOc1ccc(F)cc1F)Nc1ccc(Br)cc1Cl. The topological polar surface area (TPSA) is 50.4 Å². The number of rotatable bonds is 5. The molecule has 8 heteroatoms. The van der Waals surface area contributed by atoms with Crippen molar-refractivity contribution < 1.29 is 18.3 Å². The van der Waals surface area contributed by atoms with Gasteiger partial charge in [0.1, 0.15) is 12.4 Å². The highest BCUT2D eigenvalue weighted by atomic mass is 79.9. The molecule has 0 aromatic heterocycles. The normalized spacial score (nSPS) is 10.3. The van der Waals surface area contributed by atoms with Crippen LogP contribution in [0.2, 0.25) is 5.02 Å². The molecule has 2 aromatic carbocycles. The minimum absolute atomic E-state index is 0.0318. The second-order valence-corrected chi connectivity index (χ2v) is 5.75. The average molecular weight is 406 g/mol. The summed E-state index contributed by atoms with van der Waals surface area (Å²) in [4.78, 5) is 11.7. The molecule has 4 nitrogen and oxygen atoms in total. The summed E-state index contributed by atoms with van der Waals surface area (Å²) in [6, 6.07) is 7.57. The van der Waals surface area contributed by atoms with Gasteiger partial charge in [0.25, 0.3) is 0 Å². The molecule has 2 rings (SSSR count). The Kier molecular flexibility index (Phi) is 6.18. The maximum absolute atomic E-state index is 13.3. The number of ether oxygens (including phenoxy) is 1. The molecular weight excluding hydrogens is 394 g/mol. The van der Waals surface area contributed by atoms with Crippen molar-refractivity contribution in [1.29, 1.82) is 0 Å². The summed E-state index contributed by atoms with van der Waals surface area (Å²) in [5.41, 5.74) is 0.456. The van der Waals surface area contributed by atoms with Crippen LogP contribution in [0.3, 0.4) is 0 Å².